The Morgan fingerprint density at radius 2 is 1.71 bits per heavy atom. The average Bonchev–Trinajstić information content (AvgIpc) is 3.39. The molecular weight excluding hydrogens is 552 g/mol. The third-order valence-electron chi connectivity index (χ3n) is 6.32. The van der Waals surface area contributed by atoms with E-state index in [0.29, 0.717) is 11.4 Å². The van der Waals surface area contributed by atoms with Gasteiger partial charge in [-0.25, -0.2) is 8.78 Å². The Balaban J connectivity index is 1.45. The van der Waals surface area contributed by atoms with E-state index < -0.39 is 71.3 Å². The number of ketones is 1. The Morgan fingerprint density at radius 3 is 2.39 bits per heavy atom. The van der Waals surface area contributed by atoms with E-state index in [-0.39, 0.29) is 19.1 Å². The van der Waals surface area contributed by atoms with Crippen LogP contribution in [0.5, 0.6) is 11.5 Å². The molecular formula is C28H24F4N2O7. The number of benzene rings is 3. The zero-order valence-corrected chi connectivity index (χ0v) is 21.5. The highest BCUT2D eigenvalue weighted by Gasteiger charge is 2.43. The van der Waals surface area contributed by atoms with Crippen LogP contribution in [0.4, 0.5) is 17.6 Å². The standard InChI is InChI=1S/C28H24F4N2O7/c1-2-28(12-16(34-41-28)13-39-22-9-5-7-15-6-3-4-8-17(15)22)27(38)33-20(11-23(36)37)21(35)14-40-26-24(31)18(29)10-19(30)25(26)32/h3-10,12,20,34H,2,11,13-14H2,1H3,(H,33,38)(H,36,37)/t20-,28?/m0/s1. The molecule has 0 saturated heterocycles. The Kier molecular flexibility index (Phi) is 8.77. The number of fused-ring (bicyclic) bond motifs is 1. The number of Topliss-reactive ketones (excluding diaryl/α,β-unsaturated/α-hetero) is 1. The Hall–Kier alpha value is -4.65. The second-order valence-electron chi connectivity index (χ2n) is 9.06. The van der Waals surface area contributed by atoms with Gasteiger partial charge in [0.25, 0.3) is 5.91 Å². The fraction of sp³-hybridized carbons (Fsp3) is 0.250. The van der Waals surface area contributed by atoms with Gasteiger partial charge in [0.15, 0.2) is 28.8 Å². The second-order valence-corrected chi connectivity index (χ2v) is 9.06. The van der Waals surface area contributed by atoms with Gasteiger partial charge in [0.05, 0.1) is 12.1 Å². The topological polar surface area (TPSA) is 123 Å². The first-order valence-electron chi connectivity index (χ1n) is 12.3. The van der Waals surface area contributed by atoms with Crippen molar-refractivity contribution in [3.05, 3.63) is 83.6 Å². The number of rotatable bonds is 12. The van der Waals surface area contributed by atoms with Crippen molar-refractivity contribution in [1.29, 1.82) is 0 Å². The summed E-state index contributed by atoms with van der Waals surface area (Å²) < 4.78 is 65.2. The lowest BCUT2D eigenvalue weighted by Crippen LogP contribution is -2.53. The molecule has 13 heteroatoms. The Morgan fingerprint density at radius 1 is 1.02 bits per heavy atom. The lowest BCUT2D eigenvalue weighted by atomic mass is 9.97. The summed E-state index contributed by atoms with van der Waals surface area (Å²) in [5.74, 6) is -11.7. The minimum absolute atomic E-state index is 0.0182. The summed E-state index contributed by atoms with van der Waals surface area (Å²) in [6.07, 6.45) is 0.546. The zero-order valence-electron chi connectivity index (χ0n) is 21.5. The van der Waals surface area contributed by atoms with Crippen molar-refractivity contribution in [2.75, 3.05) is 13.2 Å². The maximum atomic E-state index is 13.9. The van der Waals surface area contributed by atoms with E-state index in [4.69, 9.17) is 9.57 Å². The number of hydrogen-bond acceptors (Lipinski definition) is 7. The average molecular weight is 576 g/mol. The summed E-state index contributed by atoms with van der Waals surface area (Å²) >= 11 is 0. The fourth-order valence-corrected chi connectivity index (χ4v) is 4.11. The van der Waals surface area contributed by atoms with Crippen LogP contribution in [-0.4, -0.2) is 47.6 Å². The van der Waals surface area contributed by atoms with E-state index in [1.807, 2.05) is 36.4 Å². The second kappa shape index (κ2) is 12.3. The van der Waals surface area contributed by atoms with Crippen molar-refractivity contribution in [2.45, 2.75) is 31.4 Å². The molecule has 0 aliphatic carbocycles. The van der Waals surface area contributed by atoms with Crippen LogP contribution in [0, 0.1) is 23.3 Å². The molecule has 9 nitrogen and oxygen atoms in total. The first-order chi connectivity index (χ1) is 19.5. The van der Waals surface area contributed by atoms with Gasteiger partial charge in [-0.05, 0) is 23.9 Å². The van der Waals surface area contributed by atoms with E-state index in [1.54, 1.807) is 13.0 Å². The summed E-state index contributed by atoms with van der Waals surface area (Å²) in [5, 5.41) is 13.3. The molecule has 4 rings (SSSR count). The van der Waals surface area contributed by atoms with Crippen molar-refractivity contribution in [1.82, 2.24) is 10.8 Å². The Bertz CT molecular complexity index is 1500. The summed E-state index contributed by atoms with van der Waals surface area (Å²) in [7, 11) is 0. The maximum absolute atomic E-state index is 13.9. The molecule has 1 amide bonds. The van der Waals surface area contributed by atoms with Crippen LogP contribution < -0.4 is 20.3 Å². The quantitative estimate of drug-likeness (QED) is 0.219. The fourth-order valence-electron chi connectivity index (χ4n) is 4.11. The Labute approximate surface area is 230 Å². The van der Waals surface area contributed by atoms with Crippen molar-refractivity contribution < 1.29 is 51.4 Å². The minimum Gasteiger partial charge on any atom is -0.487 e. The smallest absolute Gasteiger partial charge is 0.305 e. The SMILES string of the molecule is CCC1(C(=O)N[C@@H](CC(=O)O)C(=O)COc2c(F)c(F)cc(F)c2F)C=C(COc2cccc3ccccc23)NO1. The highest BCUT2D eigenvalue weighted by Crippen LogP contribution is 2.29. The molecule has 0 aromatic heterocycles. The van der Waals surface area contributed by atoms with Crippen LogP contribution in [0.15, 0.2) is 60.3 Å². The van der Waals surface area contributed by atoms with Crippen molar-refractivity contribution in [3.8, 4) is 11.5 Å². The van der Waals surface area contributed by atoms with Gasteiger partial charge in [-0.1, -0.05) is 43.3 Å². The van der Waals surface area contributed by atoms with Gasteiger partial charge in [0, 0.05) is 11.5 Å². The summed E-state index contributed by atoms with van der Waals surface area (Å²) in [5.41, 5.74) is 1.31. The molecule has 0 saturated carbocycles. The predicted octanol–water partition coefficient (Wildman–Crippen LogP) is 3.95. The molecule has 1 heterocycles. The van der Waals surface area contributed by atoms with Crippen LogP contribution in [-0.2, 0) is 19.2 Å². The predicted molar refractivity (Wildman–Crippen MR) is 136 cm³/mol. The number of carboxylic acid groups (broad SMARTS) is 1. The summed E-state index contributed by atoms with van der Waals surface area (Å²) in [4.78, 5) is 42.8. The number of nitrogens with one attached hydrogen (secondary N) is 2. The molecule has 3 aromatic rings. The number of ether oxygens (including phenoxy) is 2. The summed E-state index contributed by atoms with van der Waals surface area (Å²) in [6.45, 7) is 0.385. The molecule has 1 unspecified atom stereocenters. The number of amides is 1. The van der Waals surface area contributed by atoms with Crippen LogP contribution in [0.1, 0.15) is 19.8 Å². The lowest BCUT2D eigenvalue weighted by Gasteiger charge is -2.25. The van der Waals surface area contributed by atoms with E-state index in [9.17, 15) is 37.1 Å². The van der Waals surface area contributed by atoms with Gasteiger partial charge in [0.2, 0.25) is 11.6 Å². The highest BCUT2D eigenvalue weighted by atomic mass is 19.2. The monoisotopic (exact) mass is 576 g/mol. The van der Waals surface area contributed by atoms with Crippen molar-refractivity contribution >= 4 is 28.4 Å². The number of carbonyl (C=O) groups is 3. The first-order valence-corrected chi connectivity index (χ1v) is 12.3. The lowest BCUT2D eigenvalue weighted by molar-refractivity contribution is -0.148. The normalized spacial score (nSPS) is 17.0. The molecule has 1 aliphatic rings. The third-order valence-corrected chi connectivity index (χ3v) is 6.32. The highest BCUT2D eigenvalue weighted by molar-refractivity contribution is 5.96. The van der Waals surface area contributed by atoms with Gasteiger partial charge >= 0.3 is 5.97 Å². The molecule has 2 atom stereocenters. The molecule has 3 N–H and O–H groups in total. The molecule has 1 aliphatic heterocycles. The number of carboxylic acids is 1. The van der Waals surface area contributed by atoms with Gasteiger partial charge in [0.1, 0.15) is 25.0 Å². The molecule has 3 aromatic carbocycles. The van der Waals surface area contributed by atoms with Crippen molar-refractivity contribution in [2.24, 2.45) is 0 Å². The maximum Gasteiger partial charge on any atom is 0.305 e. The third kappa shape index (κ3) is 6.40. The van der Waals surface area contributed by atoms with E-state index in [2.05, 4.69) is 15.5 Å². The van der Waals surface area contributed by atoms with Crippen LogP contribution in [0.25, 0.3) is 10.8 Å². The summed E-state index contributed by atoms with van der Waals surface area (Å²) in [6, 6.07) is 11.3. The number of aliphatic carboxylic acids is 1. The van der Waals surface area contributed by atoms with Gasteiger partial charge < -0.3 is 19.9 Å². The number of halogens is 4. The molecule has 0 fully saturated rings. The molecule has 216 valence electrons. The van der Waals surface area contributed by atoms with E-state index in [0.717, 1.165) is 10.8 Å². The van der Waals surface area contributed by atoms with Gasteiger partial charge in [-0.2, -0.15) is 8.78 Å². The number of hydrogen-bond donors (Lipinski definition) is 3. The van der Waals surface area contributed by atoms with Crippen molar-refractivity contribution in [3.63, 3.8) is 0 Å². The van der Waals surface area contributed by atoms with Crippen LogP contribution >= 0.6 is 0 Å². The van der Waals surface area contributed by atoms with Gasteiger partial charge in [-0.15, -0.1) is 0 Å². The van der Waals surface area contributed by atoms with E-state index in [1.165, 1.54) is 6.08 Å². The van der Waals surface area contributed by atoms with E-state index >= 15 is 0 Å². The number of carbonyl (C=O) groups excluding carboxylic acids is 2. The van der Waals surface area contributed by atoms with Crippen LogP contribution in [0.2, 0.25) is 0 Å². The zero-order chi connectivity index (χ0) is 29.7. The van der Waals surface area contributed by atoms with Gasteiger partial charge in [-0.3, -0.25) is 24.7 Å². The van der Waals surface area contributed by atoms with Crippen LogP contribution in [0.3, 0.4) is 0 Å². The largest absolute Gasteiger partial charge is 0.487 e. The first kappa shape index (κ1) is 29.3. The molecule has 0 spiro atoms. The molecule has 0 bridgehead atoms. The number of hydroxylamine groups is 1. The minimum atomic E-state index is -1.88. The molecule has 41 heavy (non-hydrogen) atoms. The molecule has 0 radical (unpaired) electrons.